The summed E-state index contributed by atoms with van der Waals surface area (Å²) in [4.78, 5) is 15.0. The van der Waals surface area contributed by atoms with Crippen molar-refractivity contribution in [3.05, 3.63) is 39.3 Å². The van der Waals surface area contributed by atoms with Gasteiger partial charge in [0.15, 0.2) is 0 Å². The van der Waals surface area contributed by atoms with Gasteiger partial charge >= 0.3 is 0 Å². The maximum atomic E-state index is 11.0. The van der Waals surface area contributed by atoms with E-state index >= 15 is 0 Å². The summed E-state index contributed by atoms with van der Waals surface area (Å²) in [5, 5.41) is 1.88. The molecular weight excluding hydrogens is 176 g/mol. The Morgan fingerprint density at radius 3 is 3.17 bits per heavy atom. The zero-order valence-corrected chi connectivity index (χ0v) is 6.95. The molecule has 5 heteroatoms. The second-order valence-corrected chi connectivity index (χ2v) is 2.98. The Morgan fingerprint density at radius 1 is 1.67 bits per heavy atom. The van der Waals surface area contributed by atoms with Crippen LogP contribution in [0, 0.1) is 0 Å². The van der Waals surface area contributed by atoms with Crippen molar-refractivity contribution in [2.45, 2.75) is 6.54 Å². The monoisotopic (exact) mass is 182 g/mol. The van der Waals surface area contributed by atoms with Crippen LogP contribution in [0.3, 0.4) is 0 Å². The molecule has 0 aromatic carbocycles. The quantitative estimate of drug-likeness (QED) is 0.694. The number of rotatable bonds is 2. The van der Waals surface area contributed by atoms with Gasteiger partial charge in [0.05, 0.1) is 11.2 Å². The minimum Gasteiger partial charge on any atom is -0.384 e. The van der Waals surface area contributed by atoms with Gasteiger partial charge in [-0.15, -0.1) is 11.3 Å². The first-order chi connectivity index (χ1) is 5.86. The fourth-order valence-electron chi connectivity index (χ4n) is 0.875. The zero-order valence-electron chi connectivity index (χ0n) is 6.14. The predicted molar refractivity (Wildman–Crippen MR) is 44.2 cm³/mol. The molecule has 0 fully saturated rings. The molecule has 0 amide bonds. The SMILES string of the molecule is O=c1ccon1Cc1cscn1. The maximum Gasteiger partial charge on any atom is 0.282 e. The number of nitrogens with zero attached hydrogens (tertiary/aromatic N) is 2. The van der Waals surface area contributed by atoms with E-state index in [4.69, 9.17) is 4.52 Å². The van der Waals surface area contributed by atoms with Crippen molar-refractivity contribution in [2.24, 2.45) is 0 Å². The average Bonchev–Trinajstić information content (AvgIpc) is 2.65. The van der Waals surface area contributed by atoms with Gasteiger partial charge in [0.1, 0.15) is 12.8 Å². The largest absolute Gasteiger partial charge is 0.384 e. The first kappa shape index (κ1) is 7.30. The highest BCUT2D eigenvalue weighted by Crippen LogP contribution is 2.01. The summed E-state index contributed by atoms with van der Waals surface area (Å²) in [6, 6.07) is 1.38. The molecule has 12 heavy (non-hydrogen) atoms. The van der Waals surface area contributed by atoms with Crippen LogP contribution in [0.4, 0.5) is 0 Å². The van der Waals surface area contributed by atoms with E-state index in [9.17, 15) is 4.79 Å². The van der Waals surface area contributed by atoms with Gasteiger partial charge in [-0.3, -0.25) is 4.79 Å². The molecule has 0 radical (unpaired) electrons. The van der Waals surface area contributed by atoms with Gasteiger partial charge in [0.2, 0.25) is 0 Å². The van der Waals surface area contributed by atoms with Gasteiger partial charge in [-0.1, -0.05) is 0 Å². The molecule has 62 valence electrons. The Morgan fingerprint density at radius 2 is 2.58 bits per heavy atom. The molecule has 2 rings (SSSR count). The normalized spacial score (nSPS) is 10.3. The highest BCUT2D eigenvalue weighted by Gasteiger charge is 2.00. The fourth-order valence-corrected chi connectivity index (χ4v) is 1.42. The van der Waals surface area contributed by atoms with Crippen LogP contribution in [0.25, 0.3) is 0 Å². The van der Waals surface area contributed by atoms with Gasteiger partial charge in [0, 0.05) is 11.4 Å². The van der Waals surface area contributed by atoms with Crippen molar-refractivity contribution >= 4 is 11.3 Å². The van der Waals surface area contributed by atoms with Gasteiger partial charge < -0.3 is 4.52 Å². The third-order valence-corrected chi connectivity index (χ3v) is 2.07. The molecule has 2 aromatic rings. The van der Waals surface area contributed by atoms with E-state index in [-0.39, 0.29) is 5.56 Å². The molecule has 0 aliphatic rings. The Kier molecular flexibility index (Phi) is 1.79. The summed E-state index contributed by atoms with van der Waals surface area (Å²) in [5.74, 6) is 0. The van der Waals surface area contributed by atoms with E-state index in [0.717, 1.165) is 5.69 Å². The van der Waals surface area contributed by atoms with E-state index in [1.54, 1.807) is 5.51 Å². The van der Waals surface area contributed by atoms with Crippen LogP contribution in [0.5, 0.6) is 0 Å². The molecule has 2 heterocycles. The van der Waals surface area contributed by atoms with E-state index in [0.29, 0.717) is 6.54 Å². The lowest BCUT2D eigenvalue weighted by molar-refractivity contribution is 0.275. The van der Waals surface area contributed by atoms with Crippen molar-refractivity contribution in [1.29, 1.82) is 0 Å². The molecule has 0 aliphatic carbocycles. The van der Waals surface area contributed by atoms with Crippen LogP contribution >= 0.6 is 11.3 Å². The smallest absolute Gasteiger partial charge is 0.282 e. The Bertz CT molecular complexity index is 401. The van der Waals surface area contributed by atoms with Crippen molar-refractivity contribution in [3.63, 3.8) is 0 Å². The molecule has 0 unspecified atom stereocenters. The highest BCUT2D eigenvalue weighted by atomic mass is 32.1. The van der Waals surface area contributed by atoms with Crippen LogP contribution < -0.4 is 5.56 Å². The average molecular weight is 182 g/mol. The van der Waals surface area contributed by atoms with Crippen LogP contribution in [-0.4, -0.2) is 9.72 Å². The number of thiazole rings is 1. The lowest BCUT2D eigenvalue weighted by Gasteiger charge is -1.93. The summed E-state index contributed by atoms with van der Waals surface area (Å²) < 4.78 is 6.17. The number of hydrogen-bond acceptors (Lipinski definition) is 4. The summed E-state index contributed by atoms with van der Waals surface area (Å²) in [6.07, 6.45) is 1.37. The molecule has 0 spiro atoms. The minimum atomic E-state index is -0.136. The number of hydrogen-bond donors (Lipinski definition) is 0. The second-order valence-electron chi connectivity index (χ2n) is 2.26. The molecule has 0 saturated carbocycles. The first-order valence-corrected chi connectivity index (χ1v) is 4.32. The van der Waals surface area contributed by atoms with Crippen LogP contribution in [-0.2, 0) is 6.54 Å². The first-order valence-electron chi connectivity index (χ1n) is 3.38. The van der Waals surface area contributed by atoms with Crippen LogP contribution in [0.1, 0.15) is 5.69 Å². The maximum absolute atomic E-state index is 11.0. The topological polar surface area (TPSA) is 48.0 Å². The van der Waals surface area contributed by atoms with Crippen LogP contribution in [0.15, 0.2) is 32.5 Å². The standard InChI is InChI=1S/C7H6N2O2S/c10-7-1-2-11-9(7)3-6-4-12-5-8-6/h1-2,4-5H,3H2. The molecule has 0 bridgehead atoms. The van der Waals surface area contributed by atoms with Crippen molar-refractivity contribution in [1.82, 2.24) is 9.72 Å². The highest BCUT2D eigenvalue weighted by molar-refractivity contribution is 7.07. The molecule has 0 N–H and O–H groups in total. The third kappa shape index (κ3) is 1.31. The predicted octanol–water partition coefficient (Wildman–Crippen LogP) is 0.946. The summed E-state index contributed by atoms with van der Waals surface area (Å²) in [6.45, 7) is 0.412. The van der Waals surface area contributed by atoms with E-state index in [1.807, 2.05) is 5.38 Å². The minimum absolute atomic E-state index is 0.136. The molecule has 0 aliphatic heterocycles. The molecule has 0 atom stereocenters. The van der Waals surface area contributed by atoms with Gasteiger partial charge in [-0.25, -0.2) is 4.98 Å². The number of aromatic nitrogens is 2. The van der Waals surface area contributed by atoms with E-state index in [2.05, 4.69) is 4.98 Å². The van der Waals surface area contributed by atoms with Crippen molar-refractivity contribution in [2.75, 3.05) is 0 Å². The lowest BCUT2D eigenvalue weighted by atomic mass is 10.5. The Hall–Kier alpha value is -1.36. The van der Waals surface area contributed by atoms with Gasteiger partial charge in [-0.05, 0) is 0 Å². The van der Waals surface area contributed by atoms with E-state index < -0.39 is 0 Å². The molecule has 0 saturated heterocycles. The lowest BCUT2D eigenvalue weighted by Crippen LogP contribution is -2.13. The van der Waals surface area contributed by atoms with E-state index in [1.165, 1.54) is 28.4 Å². The van der Waals surface area contributed by atoms with Crippen LogP contribution in [0.2, 0.25) is 0 Å². The summed E-state index contributed by atoms with van der Waals surface area (Å²) in [5.41, 5.74) is 2.43. The molecule has 4 nitrogen and oxygen atoms in total. The van der Waals surface area contributed by atoms with Crippen molar-refractivity contribution in [3.8, 4) is 0 Å². The van der Waals surface area contributed by atoms with Gasteiger partial charge in [-0.2, -0.15) is 4.74 Å². The Balaban J connectivity index is 2.25. The Labute approximate surface area is 72.1 Å². The van der Waals surface area contributed by atoms with Crippen molar-refractivity contribution < 1.29 is 4.52 Å². The second kappa shape index (κ2) is 2.94. The fraction of sp³-hybridized carbons (Fsp3) is 0.143. The molecule has 2 aromatic heterocycles. The summed E-state index contributed by atoms with van der Waals surface area (Å²) in [7, 11) is 0. The zero-order chi connectivity index (χ0) is 8.39. The molecular formula is C7H6N2O2S. The van der Waals surface area contributed by atoms with Gasteiger partial charge in [0.25, 0.3) is 5.56 Å². The summed E-state index contributed by atoms with van der Waals surface area (Å²) >= 11 is 1.50. The third-order valence-electron chi connectivity index (χ3n) is 1.43.